The molecular weight excluding hydrogens is 176 g/mol. The van der Waals surface area contributed by atoms with E-state index in [2.05, 4.69) is 16.9 Å². The van der Waals surface area contributed by atoms with Crippen LogP contribution in [0.2, 0.25) is 0 Å². The van der Waals surface area contributed by atoms with E-state index < -0.39 is 0 Å². The summed E-state index contributed by atoms with van der Waals surface area (Å²) in [5, 5.41) is 0. The molecule has 0 unspecified atom stereocenters. The number of likely N-dealkylation sites (tertiary alicyclic amines) is 1. The van der Waals surface area contributed by atoms with Crippen LogP contribution in [-0.2, 0) is 4.79 Å². The summed E-state index contributed by atoms with van der Waals surface area (Å²) in [5.74, 6) is 0.611. The average molecular weight is 192 g/mol. The van der Waals surface area contributed by atoms with Gasteiger partial charge in [0.25, 0.3) is 0 Å². The molecule has 0 N–H and O–H groups in total. The molecule has 0 aromatic heterocycles. The standard InChI is InChI=1S/C11H16N2O/c1-13-6-4-9(5-7-13)11-3-2-10(8-14)12-11/h2,8-9H,3-7H2,1H3. The fraction of sp³-hybridized carbons (Fsp3) is 0.636. The lowest BCUT2D eigenvalue weighted by atomic mass is 9.91. The van der Waals surface area contributed by atoms with E-state index in [0.29, 0.717) is 11.6 Å². The van der Waals surface area contributed by atoms with Gasteiger partial charge in [0.05, 0.1) is 5.70 Å². The fourth-order valence-corrected chi connectivity index (χ4v) is 2.14. The molecule has 0 radical (unpaired) electrons. The molecule has 1 saturated heterocycles. The summed E-state index contributed by atoms with van der Waals surface area (Å²) < 4.78 is 0. The van der Waals surface area contributed by atoms with Gasteiger partial charge < -0.3 is 4.90 Å². The Balaban J connectivity index is 1.95. The van der Waals surface area contributed by atoms with Crippen molar-refractivity contribution in [2.24, 2.45) is 10.9 Å². The summed E-state index contributed by atoms with van der Waals surface area (Å²) in [6.07, 6.45) is 6.05. The van der Waals surface area contributed by atoms with Crippen LogP contribution in [0.4, 0.5) is 0 Å². The van der Waals surface area contributed by atoms with Crippen LogP contribution in [0.25, 0.3) is 0 Å². The van der Waals surface area contributed by atoms with Crippen molar-refractivity contribution in [1.29, 1.82) is 0 Å². The van der Waals surface area contributed by atoms with E-state index in [1.807, 2.05) is 6.08 Å². The van der Waals surface area contributed by atoms with E-state index in [0.717, 1.165) is 25.8 Å². The lowest BCUT2D eigenvalue weighted by Gasteiger charge is -2.28. The molecule has 1 fully saturated rings. The molecule has 0 saturated carbocycles. The highest BCUT2D eigenvalue weighted by Gasteiger charge is 2.23. The second kappa shape index (κ2) is 4.05. The maximum atomic E-state index is 10.5. The van der Waals surface area contributed by atoms with Gasteiger partial charge in [-0.25, -0.2) is 0 Å². The Bertz CT molecular complexity index is 286. The molecule has 0 aliphatic carbocycles. The minimum Gasteiger partial charge on any atom is -0.306 e. The van der Waals surface area contributed by atoms with E-state index >= 15 is 0 Å². The minimum atomic E-state index is 0.611. The van der Waals surface area contributed by atoms with Crippen molar-refractivity contribution in [3.8, 4) is 0 Å². The van der Waals surface area contributed by atoms with E-state index in [9.17, 15) is 4.79 Å². The molecule has 0 bridgehead atoms. The van der Waals surface area contributed by atoms with Gasteiger partial charge in [-0.1, -0.05) is 0 Å². The van der Waals surface area contributed by atoms with Crippen molar-refractivity contribution >= 4 is 12.0 Å². The first kappa shape index (κ1) is 9.59. The number of hydrogen-bond acceptors (Lipinski definition) is 3. The minimum absolute atomic E-state index is 0.611. The van der Waals surface area contributed by atoms with E-state index in [1.165, 1.54) is 18.6 Å². The quantitative estimate of drug-likeness (QED) is 0.617. The summed E-state index contributed by atoms with van der Waals surface area (Å²) in [6, 6.07) is 0. The molecule has 0 aromatic carbocycles. The van der Waals surface area contributed by atoms with Gasteiger partial charge in [0.15, 0.2) is 6.29 Å². The second-order valence-electron chi connectivity index (χ2n) is 4.13. The highest BCUT2D eigenvalue weighted by molar-refractivity contribution is 5.95. The number of aliphatic imine (C=N–C) groups is 1. The van der Waals surface area contributed by atoms with Crippen molar-refractivity contribution < 1.29 is 4.79 Å². The van der Waals surface area contributed by atoms with Crippen LogP contribution in [0.1, 0.15) is 19.3 Å². The molecular formula is C11H16N2O. The molecule has 0 aromatic rings. The van der Waals surface area contributed by atoms with Gasteiger partial charge in [-0.15, -0.1) is 0 Å². The van der Waals surface area contributed by atoms with Gasteiger partial charge in [0, 0.05) is 18.1 Å². The Morgan fingerprint density at radius 2 is 2.21 bits per heavy atom. The van der Waals surface area contributed by atoms with Gasteiger partial charge in [0.1, 0.15) is 0 Å². The zero-order chi connectivity index (χ0) is 9.97. The Labute approximate surface area is 84.5 Å². The number of allylic oxidation sites excluding steroid dienone is 2. The van der Waals surface area contributed by atoms with Crippen LogP contribution < -0.4 is 0 Å². The van der Waals surface area contributed by atoms with Crippen LogP contribution in [0.3, 0.4) is 0 Å². The number of aldehydes is 1. The lowest BCUT2D eigenvalue weighted by molar-refractivity contribution is -0.104. The number of hydrogen-bond donors (Lipinski definition) is 0. The van der Waals surface area contributed by atoms with Crippen LogP contribution in [0, 0.1) is 5.92 Å². The van der Waals surface area contributed by atoms with Crippen molar-refractivity contribution in [3.05, 3.63) is 11.8 Å². The third kappa shape index (κ3) is 1.93. The predicted octanol–water partition coefficient (Wildman–Crippen LogP) is 1.26. The van der Waals surface area contributed by atoms with E-state index in [-0.39, 0.29) is 0 Å². The molecule has 14 heavy (non-hydrogen) atoms. The Kier molecular flexibility index (Phi) is 2.77. The molecule has 2 heterocycles. The highest BCUT2D eigenvalue weighted by atomic mass is 16.1. The predicted molar refractivity (Wildman–Crippen MR) is 56.4 cm³/mol. The molecule has 3 heteroatoms. The fourth-order valence-electron chi connectivity index (χ4n) is 2.14. The van der Waals surface area contributed by atoms with Gasteiger partial charge in [-0.2, -0.15) is 0 Å². The normalized spacial score (nSPS) is 24.6. The molecule has 2 rings (SSSR count). The SMILES string of the molecule is CN1CCC(C2=NC(C=O)=CC2)CC1. The van der Waals surface area contributed by atoms with Gasteiger partial charge in [0.2, 0.25) is 0 Å². The first-order valence-electron chi connectivity index (χ1n) is 5.21. The third-order valence-electron chi connectivity index (χ3n) is 3.10. The zero-order valence-electron chi connectivity index (χ0n) is 8.57. The molecule has 2 aliphatic heterocycles. The summed E-state index contributed by atoms with van der Waals surface area (Å²) in [5.41, 5.74) is 1.85. The molecule has 76 valence electrons. The van der Waals surface area contributed by atoms with E-state index in [4.69, 9.17) is 0 Å². The number of rotatable bonds is 2. The van der Waals surface area contributed by atoms with Gasteiger partial charge in [-0.3, -0.25) is 9.79 Å². The van der Waals surface area contributed by atoms with Crippen LogP contribution >= 0.6 is 0 Å². The number of piperidine rings is 1. The Hall–Kier alpha value is -0.960. The molecule has 0 atom stereocenters. The lowest BCUT2D eigenvalue weighted by Crippen LogP contribution is -2.33. The van der Waals surface area contributed by atoms with Gasteiger partial charge in [-0.05, 0) is 39.1 Å². The van der Waals surface area contributed by atoms with Gasteiger partial charge >= 0.3 is 0 Å². The molecule has 0 amide bonds. The molecule has 2 aliphatic rings. The maximum Gasteiger partial charge on any atom is 0.168 e. The van der Waals surface area contributed by atoms with E-state index in [1.54, 1.807) is 0 Å². The summed E-state index contributed by atoms with van der Waals surface area (Å²) >= 11 is 0. The second-order valence-corrected chi connectivity index (χ2v) is 4.13. The topological polar surface area (TPSA) is 32.7 Å². The number of carbonyl (C=O) groups is 1. The summed E-state index contributed by atoms with van der Waals surface area (Å²) in [6.45, 7) is 2.31. The number of carbonyl (C=O) groups excluding carboxylic acids is 1. The van der Waals surface area contributed by atoms with Crippen LogP contribution in [-0.4, -0.2) is 37.0 Å². The van der Waals surface area contributed by atoms with Crippen LogP contribution in [0.15, 0.2) is 16.8 Å². The first-order chi connectivity index (χ1) is 6.79. The van der Waals surface area contributed by atoms with Crippen molar-refractivity contribution in [2.75, 3.05) is 20.1 Å². The highest BCUT2D eigenvalue weighted by Crippen LogP contribution is 2.23. The molecule has 3 nitrogen and oxygen atoms in total. The third-order valence-corrected chi connectivity index (χ3v) is 3.10. The Morgan fingerprint density at radius 3 is 2.79 bits per heavy atom. The average Bonchev–Trinajstić information content (AvgIpc) is 2.67. The summed E-state index contributed by atoms with van der Waals surface area (Å²) in [7, 11) is 2.15. The molecule has 0 spiro atoms. The number of nitrogens with zero attached hydrogens (tertiary/aromatic N) is 2. The van der Waals surface area contributed by atoms with Crippen molar-refractivity contribution in [3.63, 3.8) is 0 Å². The van der Waals surface area contributed by atoms with Crippen LogP contribution in [0.5, 0.6) is 0 Å². The maximum absolute atomic E-state index is 10.5. The Morgan fingerprint density at radius 1 is 1.50 bits per heavy atom. The smallest absolute Gasteiger partial charge is 0.168 e. The van der Waals surface area contributed by atoms with Crippen molar-refractivity contribution in [2.45, 2.75) is 19.3 Å². The first-order valence-corrected chi connectivity index (χ1v) is 5.21. The van der Waals surface area contributed by atoms with Crippen molar-refractivity contribution in [1.82, 2.24) is 4.90 Å². The summed E-state index contributed by atoms with van der Waals surface area (Å²) in [4.78, 5) is 17.2. The monoisotopic (exact) mass is 192 g/mol. The largest absolute Gasteiger partial charge is 0.306 e. The zero-order valence-corrected chi connectivity index (χ0v) is 8.57.